The zero-order valence-corrected chi connectivity index (χ0v) is 16.4. The normalized spacial score (nSPS) is 21.6. The highest BCUT2D eigenvalue weighted by atomic mass is 16.2. The Morgan fingerprint density at radius 1 is 1.00 bits per heavy atom. The first-order valence-corrected chi connectivity index (χ1v) is 10.3. The van der Waals surface area contributed by atoms with Gasteiger partial charge >= 0.3 is 0 Å². The number of amides is 2. The highest BCUT2D eigenvalue weighted by Gasteiger charge is 2.51. The van der Waals surface area contributed by atoms with E-state index in [1.807, 2.05) is 58.5 Å². The van der Waals surface area contributed by atoms with Gasteiger partial charge in [-0.15, -0.1) is 0 Å². The number of nitrogens with one attached hydrogen (secondary N) is 1. The van der Waals surface area contributed by atoms with Crippen molar-refractivity contribution in [2.75, 3.05) is 26.2 Å². The first-order chi connectivity index (χ1) is 14.2. The number of likely N-dealkylation sites (tertiary alicyclic amines) is 2. The third-order valence-electron chi connectivity index (χ3n) is 6.57. The van der Waals surface area contributed by atoms with E-state index >= 15 is 0 Å². The molecule has 148 valence electrons. The summed E-state index contributed by atoms with van der Waals surface area (Å²) in [7, 11) is 0. The molecule has 1 spiro atoms. The molecule has 3 heterocycles. The molecule has 1 unspecified atom stereocenters. The molecular weight excluding hydrogens is 362 g/mol. The molecule has 2 aliphatic heterocycles. The smallest absolute Gasteiger partial charge is 0.256 e. The fraction of sp³-hybridized carbons (Fsp3) is 0.333. The van der Waals surface area contributed by atoms with Crippen molar-refractivity contribution in [3.63, 3.8) is 0 Å². The number of fused-ring (bicyclic) bond motifs is 1. The van der Waals surface area contributed by atoms with Crippen molar-refractivity contribution in [2.24, 2.45) is 5.41 Å². The fourth-order valence-electron chi connectivity index (χ4n) is 4.87. The standard InChI is InChI=1S/C24H25N3O2/c28-22(20-8-4-7-19-9-13-25-21(19)20)27-16-12-24(17-27)11-15-26(23(24)29)14-10-18-5-2-1-3-6-18/h1-9,13,25H,10-12,14-17H2. The van der Waals surface area contributed by atoms with Crippen LogP contribution >= 0.6 is 0 Å². The van der Waals surface area contributed by atoms with Crippen LogP contribution in [0.15, 0.2) is 60.8 Å². The number of aromatic nitrogens is 1. The molecule has 1 aromatic heterocycles. The quantitative estimate of drug-likeness (QED) is 0.745. The lowest BCUT2D eigenvalue weighted by Crippen LogP contribution is -2.39. The van der Waals surface area contributed by atoms with Gasteiger partial charge in [0.2, 0.25) is 5.91 Å². The van der Waals surface area contributed by atoms with E-state index in [0.717, 1.165) is 43.3 Å². The Bertz CT molecular complexity index is 1060. The number of aromatic amines is 1. The summed E-state index contributed by atoms with van der Waals surface area (Å²) in [6, 6.07) is 18.1. The zero-order valence-electron chi connectivity index (χ0n) is 16.4. The van der Waals surface area contributed by atoms with Crippen molar-refractivity contribution in [1.29, 1.82) is 0 Å². The summed E-state index contributed by atoms with van der Waals surface area (Å²) in [4.78, 5) is 33.4. The van der Waals surface area contributed by atoms with E-state index in [1.165, 1.54) is 5.56 Å². The number of rotatable bonds is 4. The predicted octanol–water partition coefficient (Wildman–Crippen LogP) is 3.48. The lowest BCUT2D eigenvalue weighted by Gasteiger charge is -2.24. The second-order valence-electron chi connectivity index (χ2n) is 8.28. The van der Waals surface area contributed by atoms with E-state index in [-0.39, 0.29) is 11.8 Å². The molecule has 1 N–H and O–H groups in total. The first kappa shape index (κ1) is 18.0. The molecule has 0 aliphatic carbocycles. The van der Waals surface area contributed by atoms with Crippen molar-refractivity contribution in [1.82, 2.24) is 14.8 Å². The number of hydrogen-bond donors (Lipinski definition) is 1. The van der Waals surface area contributed by atoms with E-state index in [2.05, 4.69) is 17.1 Å². The van der Waals surface area contributed by atoms with Crippen LogP contribution in [0.1, 0.15) is 28.8 Å². The Kier molecular flexibility index (Phi) is 4.38. The number of hydrogen-bond acceptors (Lipinski definition) is 2. The van der Waals surface area contributed by atoms with E-state index in [4.69, 9.17) is 0 Å². The number of carbonyl (C=O) groups is 2. The maximum Gasteiger partial charge on any atom is 0.256 e. The second-order valence-corrected chi connectivity index (χ2v) is 8.28. The summed E-state index contributed by atoms with van der Waals surface area (Å²) >= 11 is 0. The summed E-state index contributed by atoms with van der Waals surface area (Å²) < 4.78 is 0. The van der Waals surface area contributed by atoms with E-state index in [0.29, 0.717) is 18.7 Å². The van der Waals surface area contributed by atoms with Crippen LogP contribution in [-0.4, -0.2) is 52.8 Å². The third kappa shape index (κ3) is 3.11. The van der Waals surface area contributed by atoms with Gasteiger partial charge in [-0.05, 0) is 37.0 Å². The third-order valence-corrected chi connectivity index (χ3v) is 6.57. The van der Waals surface area contributed by atoms with Gasteiger partial charge in [0.05, 0.1) is 16.5 Å². The lowest BCUT2D eigenvalue weighted by molar-refractivity contribution is -0.135. The zero-order chi connectivity index (χ0) is 19.8. The van der Waals surface area contributed by atoms with Crippen molar-refractivity contribution in [3.05, 3.63) is 71.9 Å². The minimum atomic E-state index is -0.393. The topological polar surface area (TPSA) is 56.4 Å². The van der Waals surface area contributed by atoms with Crippen LogP contribution in [0.2, 0.25) is 0 Å². The van der Waals surface area contributed by atoms with Crippen molar-refractivity contribution in [3.8, 4) is 0 Å². The summed E-state index contributed by atoms with van der Waals surface area (Å²) in [5.41, 5.74) is 2.43. The molecule has 2 aliphatic rings. The molecule has 5 nitrogen and oxygen atoms in total. The van der Waals surface area contributed by atoms with Crippen LogP contribution in [0.4, 0.5) is 0 Å². The Hall–Kier alpha value is -3.08. The summed E-state index contributed by atoms with van der Waals surface area (Å²) in [5, 5.41) is 1.04. The van der Waals surface area contributed by atoms with Crippen LogP contribution < -0.4 is 0 Å². The van der Waals surface area contributed by atoms with Crippen LogP contribution in [0.5, 0.6) is 0 Å². The molecule has 2 fully saturated rings. The molecule has 1 atom stereocenters. The van der Waals surface area contributed by atoms with Crippen molar-refractivity contribution < 1.29 is 9.59 Å². The molecule has 2 saturated heterocycles. The largest absolute Gasteiger partial charge is 0.361 e. The fourth-order valence-corrected chi connectivity index (χ4v) is 4.87. The SMILES string of the molecule is O=C(c1cccc2cc[nH]c12)N1CCC2(CCN(CCc3ccccc3)C2=O)C1. The highest BCUT2D eigenvalue weighted by molar-refractivity contribution is 6.06. The van der Waals surface area contributed by atoms with E-state index in [1.54, 1.807) is 0 Å². The van der Waals surface area contributed by atoms with Gasteiger partial charge in [0.15, 0.2) is 0 Å². The monoisotopic (exact) mass is 387 g/mol. The predicted molar refractivity (Wildman–Crippen MR) is 113 cm³/mol. The summed E-state index contributed by atoms with van der Waals surface area (Å²) in [5.74, 6) is 0.243. The van der Waals surface area contributed by atoms with Gasteiger partial charge in [-0.1, -0.05) is 42.5 Å². The van der Waals surface area contributed by atoms with Crippen molar-refractivity contribution >= 4 is 22.7 Å². The van der Waals surface area contributed by atoms with Gasteiger partial charge in [-0.2, -0.15) is 0 Å². The summed E-state index contributed by atoms with van der Waals surface area (Å²) in [6.45, 7) is 2.72. The molecule has 2 amide bonds. The molecule has 0 bridgehead atoms. The lowest BCUT2D eigenvalue weighted by atomic mass is 9.85. The number of carbonyl (C=O) groups excluding carboxylic acids is 2. The first-order valence-electron chi connectivity index (χ1n) is 10.3. The van der Waals surface area contributed by atoms with Gasteiger partial charge in [0.1, 0.15) is 0 Å². The minimum absolute atomic E-state index is 0.0189. The van der Waals surface area contributed by atoms with E-state index < -0.39 is 5.41 Å². The Balaban J connectivity index is 1.28. The molecule has 0 saturated carbocycles. The average Bonchev–Trinajstić information content (AvgIpc) is 3.47. The van der Waals surface area contributed by atoms with Gasteiger partial charge in [-0.3, -0.25) is 9.59 Å². The van der Waals surface area contributed by atoms with Gasteiger partial charge < -0.3 is 14.8 Å². The molecular formula is C24H25N3O2. The average molecular weight is 387 g/mol. The Labute approximate surface area is 170 Å². The highest BCUT2D eigenvalue weighted by Crippen LogP contribution is 2.41. The molecule has 5 rings (SSSR count). The second kappa shape index (κ2) is 7.07. The van der Waals surface area contributed by atoms with Crippen molar-refractivity contribution in [2.45, 2.75) is 19.3 Å². The van der Waals surface area contributed by atoms with Gasteiger partial charge in [0.25, 0.3) is 5.91 Å². The molecule has 2 aromatic carbocycles. The van der Waals surface area contributed by atoms with Crippen LogP contribution in [0.3, 0.4) is 0 Å². The number of benzene rings is 2. The minimum Gasteiger partial charge on any atom is -0.361 e. The van der Waals surface area contributed by atoms with Gasteiger partial charge in [0, 0.05) is 37.8 Å². The Morgan fingerprint density at radius 2 is 1.83 bits per heavy atom. The molecule has 29 heavy (non-hydrogen) atoms. The molecule has 3 aromatic rings. The molecule has 0 radical (unpaired) electrons. The Morgan fingerprint density at radius 3 is 2.69 bits per heavy atom. The van der Waals surface area contributed by atoms with E-state index in [9.17, 15) is 9.59 Å². The summed E-state index contributed by atoms with van der Waals surface area (Å²) in [6.07, 6.45) is 4.34. The van der Waals surface area contributed by atoms with Crippen LogP contribution in [0, 0.1) is 5.41 Å². The number of H-pyrrole nitrogens is 1. The maximum absolute atomic E-state index is 13.2. The van der Waals surface area contributed by atoms with Gasteiger partial charge in [-0.25, -0.2) is 0 Å². The van der Waals surface area contributed by atoms with Crippen LogP contribution in [-0.2, 0) is 11.2 Å². The molecule has 5 heteroatoms. The van der Waals surface area contributed by atoms with Crippen LogP contribution in [0.25, 0.3) is 10.9 Å². The number of para-hydroxylation sites is 1. The number of nitrogens with zero attached hydrogens (tertiary/aromatic N) is 2. The maximum atomic E-state index is 13.2.